The molecule has 1 aliphatic rings. The van der Waals surface area contributed by atoms with E-state index < -0.39 is 17.6 Å². The van der Waals surface area contributed by atoms with Crippen LogP contribution in [0.3, 0.4) is 0 Å². The number of carbonyl (C=O) groups is 1. The van der Waals surface area contributed by atoms with Crippen molar-refractivity contribution in [3.8, 4) is 5.75 Å². The van der Waals surface area contributed by atoms with Gasteiger partial charge in [0.05, 0.1) is 17.5 Å². The van der Waals surface area contributed by atoms with Crippen LogP contribution in [0.4, 0.5) is 8.78 Å². The molecule has 2 aromatic carbocycles. The summed E-state index contributed by atoms with van der Waals surface area (Å²) in [7, 11) is 1.66. The quantitative estimate of drug-likeness (QED) is 0.273. The molecule has 0 aliphatic carbocycles. The Kier molecular flexibility index (Phi) is 9.75. The number of rotatable bonds is 12. The number of halogens is 2. The van der Waals surface area contributed by atoms with Crippen LogP contribution in [0.1, 0.15) is 37.7 Å². The first kappa shape index (κ1) is 27.3. The normalized spacial score (nSPS) is 18.2. The molecule has 0 radical (unpaired) electrons. The summed E-state index contributed by atoms with van der Waals surface area (Å²) in [6.07, 6.45) is 6.67. The van der Waals surface area contributed by atoms with Gasteiger partial charge in [-0.1, -0.05) is 6.07 Å². The summed E-state index contributed by atoms with van der Waals surface area (Å²) in [6.45, 7) is 2.47. The van der Waals surface area contributed by atoms with Crippen molar-refractivity contribution in [1.29, 1.82) is 0 Å². The molecule has 3 aromatic rings. The third-order valence-electron chi connectivity index (χ3n) is 7.34. The van der Waals surface area contributed by atoms with Crippen LogP contribution >= 0.6 is 11.8 Å². The van der Waals surface area contributed by atoms with E-state index in [0.29, 0.717) is 24.0 Å². The summed E-state index contributed by atoms with van der Waals surface area (Å²) in [5.41, 5.74) is 2.21. The number of fused-ring (bicyclic) bond motifs is 1. The largest absolute Gasteiger partial charge is 0.497 e. The number of ether oxygens (including phenoxy) is 1. The summed E-state index contributed by atoms with van der Waals surface area (Å²) in [5, 5.41) is 10.4. The fraction of sp³-hybridized carbons (Fsp3) is 0.448. The van der Waals surface area contributed by atoms with Gasteiger partial charge in [-0.15, -0.1) is 11.8 Å². The molecule has 5 nitrogen and oxygen atoms in total. The number of aryl methyl sites for hydroxylation is 1. The van der Waals surface area contributed by atoms with Gasteiger partial charge in [-0.25, -0.2) is 8.78 Å². The van der Waals surface area contributed by atoms with Crippen LogP contribution in [0.25, 0.3) is 10.9 Å². The van der Waals surface area contributed by atoms with Gasteiger partial charge in [-0.05, 0) is 92.4 Å². The van der Waals surface area contributed by atoms with E-state index in [2.05, 4.69) is 16.0 Å². The Labute approximate surface area is 221 Å². The molecule has 1 saturated heterocycles. The Morgan fingerprint density at radius 1 is 1.16 bits per heavy atom. The number of carboxylic acids is 1. The summed E-state index contributed by atoms with van der Waals surface area (Å²) in [4.78, 5) is 18.2. The number of piperidine rings is 1. The maximum absolute atomic E-state index is 13.9. The summed E-state index contributed by atoms with van der Waals surface area (Å²) >= 11 is 1.20. The van der Waals surface area contributed by atoms with Crippen LogP contribution < -0.4 is 4.74 Å². The van der Waals surface area contributed by atoms with Crippen molar-refractivity contribution in [3.63, 3.8) is 0 Å². The number of pyridine rings is 1. The number of hydrogen-bond donors (Lipinski definition) is 1. The van der Waals surface area contributed by atoms with Crippen molar-refractivity contribution < 1.29 is 23.4 Å². The summed E-state index contributed by atoms with van der Waals surface area (Å²) in [6, 6.07) is 12.0. The van der Waals surface area contributed by atoms with E-state index in [4.69, 9.17) is 4.74 Å². The minimum Gasteiger partial charge on any atom is -0.497 e. The van der Waals surface area contributed by atoms with Crippen molar-refractivity contribution in [1.82, 2.24) is 9.88 Å². The molecule has 1 fully saturated rings. The third kappa shape index (κ3) is 7.42. The van der Waals surface area contributed by atoms with Gasteiger partial charge in [0.25, 0.3) is 0 Å². The lowest BCUT2D eigenvalue weighted by Crippen LogP contribution is -2.41. The standard InChI is InChI=1S/C29H34F2N2O3S/c1-36-23-9-10-27-24(18-23)21(12-14-32-27)5-2-4-20-13-15-33(19-22(20)8-11-28(34)35)16-17-37-29-25(30)6-3-7-26(29)31/h3,6-7,9-10,12,14,18,20,22H,2,4-5,8,11,13,15-17,19H2,1H3,(H,34,35). The number of thioether (sulfide) groups is 1. The highest BCUT2D eigenvalue weighted by molar-refractivity contribution is 7.99. The number of aromatic nitrogens is 1. The summed E-state index contributed by atoms with van der Waals surface area (Å²) < 4.78 is 33.3. The number of aliphatic carboxylic acids is 1. The van der Waals surface area contributed by atoms with Crippen LogP contribution in [-0.4, -0.2) is 53.5 Å². The van der Waals surface area contributed by atoms with E-state index in [1.54, 1.807) is 7.11 Å². The van der Waals surface area contributed by atoms with E-state index >= 15 is 0 Å². The van der Waals surface area contributed by atoms with Crippen molar-refractivity contribution in [2.75, 3.05) is 32.5 Å². The van der Waals surface area contributed by atoms with E-state index in [0.717, 1.165) is 62.0 Å². The first-order valence-electron chi connectivity index (χ1n) is 12.9. The molecule has 37 heavy (non-hydrogen) atoms. The molecule has 198 valence electrons. The molecule has 0 saturated carbocycles. The van der Waals surface area contributed by atoms with Crippen LogP contribution in [0, 0.1) is 23.5 Å². The van der Waals surface area contributed by atoms with Crippen LogP contribution in [0.15, 0.2) is 53.6 Å². The number of benzene rings is 2. The number of nitrogens with zero attached hydrogens (tertiary/aromatic N) is 2. The average molecular weight is 529 g/mol. The van der Waals surface area contributed by atoms with Crippen molar-refractivity contribution in [2.24, 2.45) is 11.8 Å². The van der Waals surface area contributed by atoms with E-state index in [9.17, 15) is 18.7 Å². The average Bonchev–Trinajstić information content (AvgIpc) is 2.89. The lowest BCUT2D eigenvalue weighted by Gasteiger charge is -2.39. The van der Waals surface area contributed by atoms with Gasteiger partial charge in [0.1, 0.15) is 17.4 Å². The Hall–Kier alpha value is -2.71. The van der Waals surface area contributed by atoms with Crippen molar-refractivity contribution in [2.45, 2.75) is 43.4 Å². The fourth-order valence-corrected chi connectivity index (χ4v) is 6.32. The Morgan fingerprint density at radius 2 is 1.97 bits per heavy atom. The van der Waals surface area contributed by atoms with Crippen LogP contribution in [0.5, 0.6) is 5.75 Å². The number of hydrogen-bond acceptors (Lipinski definition) is 5. The van der Waals surface area contributed by atoms with Gasteiger partial charge in [0, 0.05) is 36.8 Å². The van der Waals surface area contributed by atoms with E-state index in [1.165, 1.54) is 35.5 Å². The van der Waals surface area contributed by atoms with Crippen molar-refractivity contribution >= 4 is 28.6 Å². The number of likely N-dealkylation sites (tertiary alicyclic amines) is 1. The van der Waals surface area contributed by atoms with Gasteiger partial charge in [0.2, 0.25) is 0 Å². The molecule has 8 heteroatoms. The Balaban J connectivity index is 1.32. The molecule has 0 spiro atoms. The maximum Gasteiger partial charge on any atom is 0.303 e. The van der Waals surface area contributed by atoms with Gasteiger partial charge in [-0.2, -0.15) is 0 Å². The fourth-order valence-electron chi connectivity index (χ4n) is 5.35. The molecule has 0 bridgehead atoms. The molecule has 1 aromatic heterocycles. The molecular weight excluding hydrogens is 494 g/mol. The van der Waals surface area contributed by atoms with E-state index in [-0.39, 0.29) is 11.3 Å². The Morgan fingerprint density at radius 3 is 2.73 bits per heavy atom. The molecule has 0 amide bonds. The first-order chi connectivity index (χ1) is 17.9. The molecular formula is C29H34F2N2O3S. The van der Waals surface area contributed by atoms with Gasteiger partial charge >= 0.3 is 5.97 Å². The molecule has 2 atom stereocenters. The number of carboxylic acid groups (broad SMARTS) is 1. The predicted octanol–water partition coefficient (Wildman–Crippen LogP) is 6.44. The molecule has 2 heterocycles. The SMILES string of the molecule is COc1ccc2nccc(CCCC3CCN(CCSc4c(F)cccc4F)CC3CCC(=O)O)c2c1. The molecule has 1 aliphatic heterocycles. The molecule has 1 N–H and O–H groups in total. The van der Waals surface area contributed by atoms with Gasteiger partial charge in [-0.3, -0.25) is 9.78 Å². The van der Waals surface area contributed by atoms with Crippen molar-refractivity contribution in [3.05, 3.63) is 65.9 Å². The zero-order chi connectivity index (χ0) is 26.2. The minimum atomic E-state index is -0.765. The van der Waals surface area contributed by atoms with E-state index in [1.807, 2.05) is 24.4 Å². The lowest BCUT2D eigenvalue weighted by molar-refractivity contribution is -0.137. The minimum absolute atomic E-state index is 0.0704. The number of methoxy groups -OCH3 is 1. The summed E-state index contributed by atoms with van der Waals surface area (Å²) in [5.74, 6) is 0.362. The molecule has 2 unspecified atom stereocenters. The zero-order valence-electron chi connectivity index (χ0n) is 21.2. The van der Waals surface area contributed by atoms with Crippen LogP contribution in [0.2, 0.25) is 0 Å². The monoisotopic (exact) mass is 528 g/mol. The molecule has 4 rings (SSSR count). The third-order valence-corrected chi connectivity index (χ3v) is 8.40. The second kappa shape index (κ2) is 13.2. The maximum atomic E-state index is 13.9. The highest BCUT2D eigenvalue weighted by atomic mass is 32.2. The lowest BCUT2D eigenvalue weighted by atomic mass is 9.79. The second-order valence-electron chi connectivity index (χ2n) is 9.69. The smallest absolute Gasteiger partial charge is 0.303 e. The first-order valence-corrected chi connectivity index (χ1v) is 13.9. The Bertz CT molecular complexity index is 1190. The van der Waals surface area contributed by atoms with Gasteiger partial charge < -0.3 is 14.7 Å². The zero-order valence-corrected chi connectivity index (χ0v) is 22.0. The predicted molar refractivity (Wildman–Crippen MR) is 143 cm³/mol. The highest BCUT2D eigenvalue weighted by Crippen LogP contribution is 2.33. The highest BCUT2D eigenvalue weighted by Gasteiger charge is 2.29. The van der Waals surface area contributed by atoms with Crippen LogP contribution in [-0.2, 0) is 11.2 Å². The second-order valence-corrected chi connectivity index (χ2v) is 10.8. The topological polar surface area (TPSA) is 62.7 Å². The van der Waals surface area contributed by atoms with Gasteiger partial charge in [0.15, 0.2) is 0 Å².